The third-order valence-corrected chi connectivity index (χ3v) is 5.17. The molecule has 0 fully saturated rings. The third kappa shape index (κ3) is 2.85. The van der Waals surface area contributed by atoms with Gasteiger partial charge < -0.3 is 0 Å². The van der Waals surface area contributed by atoms with E-state index in [2.05, 4.69) is 34.0 Å². The van der Waals surface area contributed by atoms with Crippen LogP contribution in [-0.2, 0) is 0 Å². The zero-order chi connectivity index (χ0) is 11.7. The normalized spacial score (nSPS) is 12.8. The maximum atomic E-state index is 6.37. The predicted molar refractivity (Wildman–Crippen MR) is 81.2 cm³/mol. The first-order valence-corrected chi connectivity index (χ1v) is 7.56. The van der Waals surface area contributed by atoms with E-state index in [0.29, 0.717) is 10.0 Å². The van der Waals surface area contributed by atoms with Gasteiger partial charge in [-0.2, -0.15) is 0 Å². The molecule has 1 aromatic heterocycles. The van der Waals surface area contributed by atoms with Gasteiger partial charge >= 0.3 is 0 Å². The summed E-state index contributed by atoms with van der Waals surface area (Å²) in [5.41, 5.74) is 2.06. The average molecular weight is 403 g/mol. The molecule has 0 aliphatic carbocycles. The highest BCUT2D eigenvalue weighted by atomic mass is 127. The zero-order valence-electron chi connectivity index (χ0n) is 7.88. The lowest BCUT2D eigenvalue weighted by atomic mass is 10.1. The molecule has 1 atom stereocenters. The first-order chi connectivity index (χ1) is 7.58. The number of thiophene rings is 1. The molecule has 1 unspecified atom stereocenters. The smallest absolute Gasteiger partial charge is 0.0844 e. The summed E-state index contributed by atoms with van der Waals surface area (Å²) in [4.78, 5) is 0. The first-order valence-electron chi connectivity index (χ1n) is 4.41. The van der Waals surface area contributed by atoms with Crippen molar-refractivity contribution in [2.24, 2.45) is 0 Å². The Morgan fingerprint density at radius 2 is 1.81 bits per heavy atom. The number of benzene rings is 1. The maximum absolute atomic E-state index is 6.37. The van der Waals surface area contributed by atoms with Gasteiger partial charge in [0.1, 0.15) is 0 Å². The van der Waals surface area contributed by atoms with E-state index in [1.54, 1.807) is 17.4 Å². The van der Waals surface area contributed by atoms with Gasteiger partial charge in [-0.15, -0.1) is 22.9 Å². The lowest BCUT2D eigenvalue weighted by Gasteiger charge is -2.08. The second-order valence-corrected chi connectivity index (χ2v) is 7.28. The molecule has 1 aromatic carbocycles. The molecule has 0 spiro atoms. The molecule has 16 heavy (non-hydrogen) atoms. The number of halogens is 4. The van der Waals surface area contributed by atoms with Gasteiger partial charge in [0.2, 0.25) is 0 Å². The molecule has 0 saturated heterocycles. The molecular weight excluding hydrogens is 397 g/mol. The van der Waals surface area contributed by atoms with Crippen molar-refractivity contribution in [1.29, 1.82) is 0 Å². The lowest BCUT2D eigenvalue weighted by molar-refractivity contribution is 1.15. The van der Waals surface area contributed by atoms with Crippen molar-refractivity contribution >= 4 is 68.7 Å². The van der Waals surface area contributed by atoms with Crippen LogP contribution in [-0.4, -0.2) is 0 Å². The van der Waals surface area contributed by atoms with E-state index in [-0.39, 0.29) is 5.38 Å². The van der Waals surface area contributed by atoms with Crippen LogP contribution in [0.4, 0.5) is 0 Å². The average Bonchev–Trinajstić information content (AvgIpc) is 2.68. The van der Waals surface area contributed by atoms with Gasteiger partial charge in [-0.05, 0) is 57.3 Å². The quantitative estimate of drug-likeness (QED) is 0.427. The SMILES string of the molecule is Clc1ccc(C(Cl)c2csc(I)c2)cc1Cl. The van der Waals surface area contributed by atoms with E-state index in [0.717, 1.165) is 11.1 Å². The third-order valence-electron chi connectivity index (χ3n) is 2.12. The molecule has 0 amide bonds. The minimum Gasteiger partial charge on any atom is -0.137 e. The van der Waals surface area contributed by atoms with Gasteiger partial charge in [0.15, 0.2) is 0 Å². The molecule has 84 valence electrons. The van der Waals surface area contributed by atoms with Gasteiger partial charge in [0.05, 0.1) is 18.3 Å². The molecule has 0 saturated carbocycles. The molecule has 0 aliphatic rings. The topological polar surface area (TPSA) is 0 Å². The Morgan fingerprint density at radius 1 is 1.06 bits per heavy atom. The van der Waals surface area contributed by atoms with Gasteiger partial charge in [-0.3, -0.25) is 0 Å². The summed E-state index contributed by atoms with van der Waals surface area (Å²) in [5, 5.41) is 2.97. The van der Waals surface area contributed by atoms with Crippen molar-refractivity contribution in [1.82, 2.24) is 0 Å². The van der Waals surface area contributed by atoms with Crippen molar-refractivity contribution in [2.75, 3.05) is 0 Å². The van der Waals surface area contributed by atoms with Crippen LogP contribution in [0.3, 0.4) is 0 Å². The predicted octanol–water partition coefficient (Wildman–Crippen LogP) is 5.99. The minimum absolute atomic E-state index is 0.172. The van der Waals surface area contributed by atoms with E-state index in [9.17, 15) is 0 Å². The second kappa shape index (κ2) is 5.44. The van der Waals surface area contributed by atoms with Gasteiger partial charge in [0.25, 0.3) is 0 Å². The molecule has 0 aliphatic heterocycles. The van der Waals surface area contributed by atoms with E-state index >= 15 is 0 Å². The molecular formula is C11H6Cl3IS. The molecule has 0 nitrogen and oxygen atoms in total. The van der Waals surface area contributed by atoms with Crippen LogP contribution >= 0.6 is 68.7 Å². The Hall–Kier alpha value is 0.520. The molecule has 0 bridgehead atoms. The number of rotatable bonds is 2. The Balaban J connectivity index is 2.33. The van der Waals surface area contributed by atoms with Gasteiger partial charge in [0, 0.05) is 0 Å². The van der Waals surface area contributed by atoms with Gasteiger partial charge in [-0.25, -0.2) is 0 Å². The van der Waals surface area contributed by atoms with Crippen molar-refractivity contribution < 1.29 is 0 Å². The fourth-order valence-electron chi connectivity index (χ4n) is 1.32. The number of hydrogen-bond donors (Lipinski definition) is 0. The summed E-state index contributed by atoms with van der Waals surface area (Å²) in [6.45, 7) is 0. The van der Waals surface area contributed by atoms with Crippen LogP contribution in [0.2, 0.25) is 10.0 Å². The van der Waals surface area contributed by atoms with E-state index in [1.165, 1.54) is 2.88 Å². The molecule has 5 heteroatoms. The van der Waals surface area contributed by atoms with E-state index < -0.39 is 0 Å². The van der Waals surface area contributed by atoms with Crippen molar-refractivity contribution in [2.45, 2.75) is 5.38 Å². The largest absolute Gasteiger partial charge is 0.137 e. The van der Waals surface area contributed by atoms with E-state index in [1.807, 2.05) is 12.1 Å². The summed E-state index contributed by atoms with van der Waals surface area (Å²) in [7, 11) is 0. The summed E-state index contributed by atoms with van der Waals surface area (Å²) >= 11 is 22.1. The Bertz CT molecular complexity index is 510. The molecule has 2 rings (SSSR count). The summed E-state index contributed by atoms with van der Waals surface area (Å²) in [6.07, 6.45) is 0. The number of hydrogen-bond acceptors (Lipinski definition) is 1. The summed E-state index contributed by atoms with van der Waals surface area (Å²) in [6, 6.07) is 7.56. The van der Waals surface area contributed by atoms with Crippen LogP contribution < -0.4 is 0 Å². The zero-order valence-corrected chi connectivity index (χ0v) is 13.1. The van der Waals surface area contributed by atoms with Crippen molar-refractivity contribution in [3.8, 4) is 0 Å². The second-order valence-electron chi connectivity index (χ2n) is 3.22. The minimum atomic E-state index is -0.172. The van der Waals surface area contributed by atoms with Gasteiger partial charge in [-0.1, -0.05) is 29.3 Å². The molecule has 0 radical (unpaired) electrons. The highest BCUT2D eigenvalue weighted by Gasteiger charge is 2.13. The van der Waals surface area contributed by atoms with Crippen LogP contribution in [0.5, 0.6) is 0 Å². The monoisotopic (exact) mass is 402 g/mol. The van der Waals surface area contributed by atoms with Crippen LogP contribution in [0, 0.1) is 2.88 Å². The molecule has 0 N–H and O–H groups in total. The fraction of sp³-hybridized carbons (Fsp3) is 0.0909. The van der Waals surface area contributed by atoms with E-state index in [4.69, 9.17) is 34.8 Å². The first kappa shape index (κ1) is 13.0. The Labute approximate surface area is 127 Å². The summed E-state index contributed by atoms with van der Waals surface area (Å²) in [5.74, 6) is 0. The Kier molecular flexibility index (Phi) is 4.41. The van der Waals surface area contributed by atoms with Crippen molar-refractivity contribution in [3.63, 3.8) is 0 Å². The van der Waals surface area contributed by atoms with Crippen LogP contribution in [0.15, 0.2) is 29.6 Å². The Morgan fingerprint density at radius 3 is 2.38 bits per heavy atom. The van der Waals surface area contributed by atoms with Crippen LogP contribution in [0.25, 0.3) is 0 Å². The molecule has 2 aromatic rings. The van der Waals surface area contributed by atoms with Crippen LogP contribution in [0.1, 0.15) is 16.5 Å². The lowest BCUT2D eigenvalue weighted by Crippen LogP contribution is -1.91. The fourth-order valence-corrected chi connectivity index (χ4v) is 3.36. The maximum Gasteiger partial charge on any atom is 0.0844 e. The highest BCUT2D eigenvalue weighted by molar-refractivity contribution is 14.1. The van der Waals surface area contributed by atoms with Crippen molar-refractivity contribution in [3.05, 3.63) is 53.7 Å². The highest BCUT2D eigenvalue weighted by Crippen LogP contribution is 2.35. The number of alkyl halides is 1. The summed E-state index contributed by atoms with van der Waals surface area (Å²) < 4.78 is 1.22. The standard InChI is InChI=1S/C11H6Cl3IS/c12-8-2-1-6(3-9(8)13)11(14)7-4-10(15)16-5-7/h1-5,11H. The molecule has 1 heterocycles.